The molecule has 1 aromatic heterocycles. The van der Waals surface area contributed by atoms with Crippen molar-refractivity contribution in [3.8, 4) is 0 Å². The van der Waals surface area contributed by atoms with Gasteiger partial charge in [0.05, 0.1) is 0 Å². The first-order chi connectivity index (χ1) is 10.0. The molecule has 0 spiro atoms. The number of nitro groups is 1. The summed E-state index contributed by atoms with van der Waals surface area (Å²) in [4.78, 5) is 25.9. The van der Waals surface area contributed by atoms with E-state index in [0.29, 0.717) is 5.82 Å². The van der Waals surface area contributed by atoms with Crippen molar-refractivity contribution in [3.05, 3.63) is 52.0 Å². The summed E-state index contributed by atoms with van der Waals surface area (Å²) >= 11 is 0. The van der Waals surface area contributed by atoms with Crippen LogP contribution in [0.1, 0.15) is 18.3 Å². The minimum absolute atomic E-state index is 0.00920. The van der Waals surface area contributed by atoms with Gasteiger partial charge in [-0.3, -0.25) is 9.36 Å². The fraction of sp³-hybridized carbons (Fsp3) is 0.286. The molecule has 1 amide bonds. The molecule has 7 heteroatoms. The van der Waals surface area contributed by atoms with E-state index in [1.165, 1.54) is 10.8 Å². The number of nitrogens with one attached hydrogen (secondary N) is 1. The molecule has 2 aromatic rings. The topological polar surface area (TPSA) is 90.1 Å². The number of carbonyl (C=O) groups is 1. The van der Waals surface area contributed by atoms with E-state index < -0.39 is 4.92 Å². The predicted molar refractivity (Wildman–Crippen MR) is 78.1 cm³/mol. The van der Waals surface area contributed by atoms with Gasteiger partial charge in [0.25, 0.3) is 0 Å². The van der Waals surface area contributed by atoms with Gasteiger partial charge in [0.15, 0.2) is 0 Å². The molecule has 1 heterocycles. The summed E-state index contributed by atoms with van der Waals surface area (Å²) in [7, 11) is 0. The first-order valence-electron chi connectivity index (χ1n) is 6.57. The summed E-state index contributed by atoms with van der Waals surface area (Å²) in [6, 6.07) is 7.54. The van der Waals surface area contributed by atoms with Crippen LogP contribution in [0.25, 0.3) is 0 Å². The number of imidazole rings is 1. The first-order valence-corrected chi connectivity index (χ1v) is 6.57. The van der Waals surface area contributed by atoms with E-state index in [1.54, 1.807) is 6.92 Å². The number of hydrogen-bond acceptors (Lipinski definition) is 4. The van der Waals surface area contributed by atoms with Crippen molar-refractivity contribution in [1.29, 1.82) is 0 Å². The molecule has 0 atom stereocenters. The normalized spacial score (nSPS) is 10.4. The number of benzene rings is 1. The zero-order valence-electron chi connectivity index (χ0n) is 11.9. The highest BCUT2D eigenvalue weighted by molar-refractivity contribution is 5.91. The molecule has 0 saturated heterocycles. The van der Waals surface area contributed by atoms with Gasteiger partial charge >= 0.3 is 5.82 Å². The Bertz CT molecular complexity index is 679. The lowest BCUT2D eigenvalue weighted by Crippen LogP contribution is -2.19. The molecular formula is C14H16N4O3. The van der Waals surface area contributed by atoms with E-state index in [9.17, 15) is 14.9 Å². The lowest BCUT2D eigenvalue weighted by Gasteiger charge is -2.09. The van der Waals surface area contributed by atoms with Gasteiger partial charge in [-0.15, -0.1) is 0 Å². The third-order valence-corrected chi connectivity index (χ3v) is 3.14. The van der Waals surface area contributed by atoms with Crippen LogP contribution in [0.4, 0.5) is 11.5 Å². The number of rotatable bonds is 5. The van der Waals surface area contributed by atoms with Gasteiger partial charge in [0, 0.05) is 12.6 Å². The maximum Gasteiger partial charge on any atom is 0.381 e. The van der Waals surface area contributed by atoms with E-state index in [2.05, 4.69) is 10.3 Å². The second-order valence-electron chi connectivity index (χ2n) is 4.59. The lowest BCUT2D eigenvalue weighted by atomic mass is 10.1. The molecule has 0 aliphatic carbocycles. The molecule has 0 aliphatic heterocycles. The largest absolute Gasteiger partial charge is 0.381 e. The molecule has 21 heavy (non-hydrogen) atoms. The molecular weight excluding hydrogens is 272 g/mol. The number of aromatic nitrogens is 2. The van der Waals surface area contributed by atoms with Gasteiger partial charge in [-0.05, 0) is 28.0 Å². The number of aryl methyl sites for hydroxylation is 2. The Balaban J connectivity index is 2.10. The van der Waals surface area contributed by atoms with Gasteiger partial charge in [-0.2, -0.15) is 0 Å². The van der Waals surface area contributed by atoms with Crippen LogP contribution in [0.2, 0.25) is 0 Å². The van der Waals surface area contributed by atoms with Crippen LogP contribution < -0.4 is 5.32 Å². The highest BCUT2D eigenvalue weighted by Crippen LogP contribution is 2.16. The SMILES string of the molecule is CCc1ccccc1NC(=O)Cn1cc([N+](=O)[O-])nc1C. The molecule has 1 aromatic carbocycles. The van der Waals surface area contributed by atoms with Crippen LogP contribution in [-0.4, -0.2) is 20.4 Å². The van der Waals surface area contributed by atoms with Crippen LogP contribution in [0.15, 0.2) is 30.5 Å². The number of nitrogens with zero attached hydrogens (tertiary/aromatic N) is 3. The van der Waals surface area contributed by atoms with Crippen molar-refractivity contribution in [1.82, 2.24) is 9.55 Å². The smallest absolute Gasteiger partial charge is 0.358 e. The fourth-order valence-electron chi connectivity index (χ4n) is 2.03. The van der Waals surface area contributed by atoms with E-state index in [4.69, 9.17) is 0 Å². The third-order valence-electron chi connectivity index (χ3n) is 3.14. The van der Waals surface area contributed by atoms with Crippen molar-refractivity contribution in [2.75, 3.05) is 5.32 Å². The highest BCUT2D eigenvalue weighted by Gasteiger charge is 2.17. The summed E-state index contributed by atoms with van der Waals surface area (Å²) in [5.41, 5.74) is 1.80. The maximum atomic E-state index is 12.1. The second-order valence-corrected chi connectivity index (χ2v) is 4.59. The Labute approximate surface area is 121 Å². The molecule has 1 N–H and O–H groups in total. The van der Waals surface area contributed by atoms with Gasteiger partial charge in [-0.25, -0.2) is 0 Å². The average molecular weight is 288 g/mol. The van der Waals surface area contributed by atoms with Crippen molar-refractivity contribution >= 4 is 17.4 Å². The van der Waals surface area contributed by atoms with Crippen molar-refractivity contribution in [3.63, 3.8) is 0 Å². The van der Waals surface area contributed by atoms with Crippen LogP contribution in [0.3, 0.4) is 0 Å². The molecule has 0 bridgehead atoms. The van der Waals surface area contributed by atoms with Gasteiger partial charge < -0.3 is 15.4 Å². The minimum Gasteiger partial charge on any atom is -0.358 e. The highest BCUT2D eigenvalue weighted by atomic mass is 16.6. The standard InChI is InChI=1S/C14H16N4O3/c1-3-11-6-4-5-7-12(11)16-14(19)9-17-8-13(18(20)21)15-10(17)2/h4-8H,3,9H2,1-2H3,(H,16,19). The Morgan fingerprint density at radius 1 is 1.43 bits per heavy atom. The summed E-state index contributed by atoms with van der Waals surface area (Å²) in [5.74, 6) is -0.0683. The van der Waals surface area contributed by atoms with E-state index in [-0.39, 0.29) is 18.3 Å². The molecule has 7 nitrogen and oxygen atoms in total. The summed E-state index contributed by atoms with van der Waals surface area (Å²) in [5, 5.41) is 13.5. The number of anilines is 1. The van der Waals surface area contributed by atoms with E-state index in [0.717, 1.165) is 17.7 Å². The fourth-order valence-corrected chi connectivity index (χ4v) is 2.03. The lowest BCUT2D eigenvalue weighted by molar-refractivity contribution is -0.389. The van der Waals surface area contributed by atoms with Crippen LogP contribution in [0, 0.1) is 17.0 Å². The van der Waals surface area contributed by atoms with Crippen LogP contribution >= 0.6 is 0 Å². The summed E-state index contributed by atoms with van der Waals surface area (Å²) in [6.45, 7) is 3.62. The molecule has 0 fully saturated rings. The Hall–Kier alpha value is -2.70. The number of hydrogen-bond donors (Lipinski definition) is 1. The monoisotopic (exact) mass is 288 g/mol. The van der Waals surface area contributed by atoms with Crippen LogP contribution in [0.5, 0.6) is 0 Å². The minimum atomic E-state index is -0.576. The van der Waals surface area contributed by atoms with E-state index >= 15 is 0 Å². The summed E-state index contributed by atoms with van der Waals surface area (Å²) < 4.78 is 1.46. The zero-order chi connectivity index (χ0) is 15.4. The van der Waals surface area contributed by atoms with Crippen molar-refractivity contribution < 1.29 is 9.72 Å². The molecule has 0 saturated carbocycles. The van der Waals surface area contributed by atoms with Crippen molar-refractivity contribution in [2.24, 2.45) is 0 Å². The first kappa shape index (κ1) is 14.7. The van der Waals surface area contributed by atoms with Gasteiger partial charge in [0.1, 0.15) is 12.7 Å². The average Bonchev–Trinajstić information content (AvgIpc) is 2.81. The van der Waals surface area contributed by atoms with Gasteiger partial charge in [-0.1, -0.05) is 25.1 Å². The second kappa shape index (κ2) is 6.17. The Kier molecular flexibility index (Phi) is 4.32. The quantitative estimate of drug-likeness (QED) is 0.675. The molecule has 0 radical (unpaired) electrons. The predicted octanol–water partition coefficient (Wildman–Crippen LogP) is 2.30. The number of amides is 1. The molecule has 2 rings (SSSR count). The van der Waals surface area contributed by atoms with Crippen molar-refractivity contribution in [2.45, 2.75) is 26.8 Å². The zero-order valence-corrected chi connectivity index (χ0v) is 11.9. The summed E-state index contributed by atoms with van der Waals surface area (Å²) in [6.07, 6.45) is 2.08. The number of para-hydroxylation sites is 1. The third kappa shape index (κ3) is 3.44. The molecule has 0 unspecified atom stereocenters. The molecule has 110 valence electrons. The van der Waals surface area contributed by atoms with E-state index in [1.807, 2.05) is 31.2 Å². The molecule has 0 aliphatic rings. The Morgan fingerprint density at radius 3 is 2.76 bits per heavy atom. The number of carbonyl (C=O) groups excluding carboxylic acids is 1. The van der Waals surface area contributed by atoms with Crippen LogP contribution in [-0.2, 0) is 17.8 Å². The van der Waals surface area contributed by atoms with Gasteiger partial charge in [0.2, 0.25) is 11.7 Å². The Morgan fingerprint density at radius 2 is 2.14 bits per heavy atom. The maximum absolute atomic E-state index is 12.1.